The Hall–Kier alpha value is -2.62. The quantitative estimate of drug-likeness (QED) is 0.759. The largest absolute Gasteiger partial charge is 0.339 e. The zero-order valence-corrected chi connectivity index (χ0v) is 18.1. The van der Waals surface area contributed by atoms with Crippen LogP contribution >= 0.6 is 0 Å². The molecule has 2 amide bonds. The Morgan fingerprint density at radius 1 is 0.862 bits per heavy atom. The number of carbonyl (C=O) groups excluding carboxylic acids is 2. The summed E-state index contributed by atoms with van der Waals surface area (Å²) in [4.78, 5) is 29.2. The highest BCUT2D eigenvalue weighted by Gasteiger charge is 2.27. The minimum atomic E-state index is -0.0354. The van der Waals surface area contributed by atoms with E-state index >= 15 is 0 Å². The molecular formula is C25H32N2O2. The first-order chi connectivity index (χ1) is 13.8. The fourth-order valence-corrected chi connectivity index (χ4v) is 3.85. The van der Waals surface area contributed by atoms with E-state index in [9.17, 15) is 9.59 Å². The fourth-order valence-electron chi connectivity index (χ4n) is 3.85. The molecule has 29 heavy (non-hydrogen) atoms. The average Bonchev–Trinajstić information content (AvgIpc) is 2.72. The van der Waals surface area contributed by atoms with Gasteiger partial charge in [0.1, 0.15) is 0 Å². The van der Waals surface area contributed by atoms with Gasteiger partial charge < -0.3 is 9.80 Å². The Kier molecular flexibility index (Phi) is 6.41. The lowest BCUT2D eigenvalue weighted by Crippen LogP contribution is -2.50. The van der Waals surface area contributed by atoms with Crippen molar-refractivity contribution in [1.82, 2.24) is 9.80 Å². The molecule has 0 unspecified atom stereocenters. The van der Waals surface area contributed by atoms with Gasteiger partial charge in [-0.15, -0.1) is 0 Å². The minimum Gasteiger partial charge on any atom is -0.339 e. The number of hydrogen-bond acceptors (Lipinski definition) is 2. The van der Waals surface area contributed by atoms with Crippen LogP contribution in [-0.2, 0) is 10.2 Å². The molecule has 3 rings (SSSR count). The van der Waals surface area contributed by atoms with Gasteiger partial charge in [-0.05, 0) is 43.4 Å². The molecule has 1 heterocycles. The van der Waals surface area contributed by atoms with Crippen LogP contribution < -0.4 is 0 Å². The van der Waals surface area contributed by atoms with E-state index in [2.05, 4.69) is 45.0 Å². The molecule has 0 atom stereocenters. The van der Waals surface area contributed by atoms with E-state index in [0.29, 0.717) is 32.6 Å². The molecule has 1 aliphatic heterocycles. The highest BCUT2D eigenvalue weighted by Crippen LogP contribution is 2.29. The summed E-state index contributed by atoms with van der Waals surface area (Å²) in [6.45, 7) is 10.9. The van der Waals surface area contributed by atoms with Crippen LogP contribution in [0, 0.1) is 13.8 Å². The van der Waals surface area contributed by atoms with Crippen molar-refractivity contribution in [2.24, 2.45) is 0 Å². The van der Waals surface area contributed by atoms with Crippen molar-refractivity contribution >= 4 is 11.8 Å². The first-order valence-electron chi connectivity index (χ1n) is 10.5. The molecule has 1 aliphatic rings. The third-order valence-corrected chi connectivity index (χ3v) is 5.98. The van der Waals surface area contributed by atoms with E-state index in [1.807, 2.05) is 41.0 Å². The van der Waals surface area contributed by atoms with Gasteiger partial charge in [-0.2, -0.15) is 0 Å². The number of benzene rings is 2. The lowest BCUT2D eigenvalue weighted by molar-refractivity contribution is -0.133. The Morgan fingerprint density at radius 3 is 2.10 bits per heavy atom. The molecule has 0 aromatic heterocycles. The third kappa shape index (κ3) is 5.26. The van der Waals surface area contributed by atoms with Gasteiger partial charge in [-0.3, -0.25) is 9.59 Å². The van der Waals surface area contributed by atoms with Gasteiger partial charge >= 0.3 is 0 Å². The van der Waals surface area contributed by atoms with E-state index in [0.717, 1.165) is 17.5 Å². The van der Waals surface area contributed by atoms with Crippen LogP contribution in [0.2, 0.25) is 0 Å². The molecule has 1 fully saturated rings. The van der Waals surface area contributed by atoms with Gasteiger partial charge in [0, 0.05) is 38.2 Å². The van der Waals surface area contributed by atoms with Crippen molar-refractivity contribution in [1.29, 1.82) is 0 Å². The van der Waals surface area contributed by atoms with Crippen LogP contribution in [0.1, 0.15) is 53.7 Å². The molecule has 0 spiro atoms. The molecule has 4 nitrogen and oxygen atoms in total. The van der Waals surface area contributed by atoms with E-state index in [4.69, 9.17) is 0 Å². The molecule has 1 saturated heterocycles. The normalized spacial score (nSPS) is 14.8. The number of piperazine rings is 1. The van der Waals surface area contributed by atoms with Crippen LogP contribution in [0.15, 0.2) is 48.5 Å². The number of rotatable bonds is 5. The fraction of sp³-hybridized carbons (Fsp3) is 0.440. The summed E-state index contributed by atoms with van der Waals surface area (Å²) in [5.74, 6) is 0.245. The van der Waals surface area contributed by atoms with Crippen molar-refractivity contribution < 1.29 is 9.59 Å². The third-order valence-electron chi connectivity index (χ3n) is 5.98. The van der Waals surface area contributed by atoms with Crippen molar-refractivity contribution in [2.45, 2.75) is 46.0 Å². The highest BCUT2D eigenvalue weighted by molar-refractivity contribution is 5.94. The van der Waals surface area contributed by atoms with E-state index in [1.165, 1.54) is 11.1 Å². The predicted molar refractivity (Wildman–Crippen MR) is 117 cm³/mol. The summed E-state index contributed by atoms with van der Waals surface area (Å²) in [6, 6.07) is 16.3. The predicted octanol–water partition coefficient (Wildman–Crippen LogP) is 4.35. The van der Waals surface area contributed by atoms with Gasteiger partial charge in [0.25, 0.3) is 5.91 Å². The molecule has 2 aromatic rings. The lowest BCUT2D eigenvalue weighted by atomic mass is 9.80. The van der Waals surface area contributed by atoms with Crippen molar-refractivity contribution in [3.63, 3.8) is 0 Å². The average molecular weight is 393 g/mol. The summed E-state index contributed by atoms with van der Waals surface area (Å²) in [5, 5.41) is 0. The molecule has 0 N–H and O–H groups in total. The Balaban J connectivity index is 1.51. The summed E-state index contributed by atoms with van der Waals surface area (Å²) in [7, 11) is 0. The lowest BCUT2D eigenvalue weighted by Gasteiger charge is -2.35. The maximum atomic E-state index is 12.7. The van der Waals surface area contributed by atoms with Crippen LogP contribution in [0.3, 0.4) is 0 Å². The second-order valence-electron chi connectivity index (χ2n) is 8.79. The monoisotopic (exact) mass is 392 g/mol. The second kappa shape index (κ2) is 8.81. The van der Waals surface area contributed by atoms with Crippen LogP contribution in [0.25, 0.3) is 0 Å². The van der Waals surface area contributed by atoms with E-state index in [-0.39, 0.29) is 17.2 Å². The summed E-state index contributed by atoms with van der Waals surface area (Å²) < 4.78 is 0. The van der Waals surface area contributed by atoms with Crippen molar-refractivity contribution in [3.8, 4) is 0 Å². The summed E-state index contributed by atoms with van der Waals surface area (Å²) in [6.07, 6.45) is 1.35. The van der Waals surface area contributed by atoms with E-state index in [1.54, 1.807) is 0 Å². The van der Waals surface area contributed by atoms with Crippen LogP contribution in [0.5, 0.6) is 0 Å². The molecule has 0 radical (unpaired) electrons. The Labute approximate surface area is 174 Å². The standard InChI is InChI=1S/C25H32N2O2/c1-19-8-10-22(11-9-19)25(3,4)13-12-23(28)26-14-16-27(17-15-26)24(29)21-7-5-6-20(2)18-21/h5-11,18H,12-17H2,1-4H3. The summed E-state index contributed by atoms with van der Waals surface area (Å²) in [5.41, 5.74) is 4.29. The first kappa shape index (κ1) is 21.1. The maximum absolute atomic E-state index is 12.7. The number of carbonyl (C=O) groups is 2. The molecule has 2 aromatic carbocycles. The second-order valence-corrected chi connectivity index (χ2v) is 8.79. The van der Waals surface area contributed by atoms with Crippen molar-refractivity contribution in [3.05, 3.63) is 70.8 Å². The Morgan fingerprint density at radius 2 is 1.48 bits per heavy atom. The van der Waals surface area contributed by atoms with Gasteiger partial charge in [-0.25, -0.2) is 0 Å². The molecule has 0 bridgehead atoms. The van der Waals surface area contributed by atoms with E-state index < -0.39 is 0 Å². The zero-order chi connectivity index (χ0) is 21.0. The zero-order valence-electron chi connectivity index (χ0n) is 18.1. The minimum absolute atomic E-state index is 0.0354. The molecule has 154 valence electrons. The van der Waals surface area contributed by atoms with Crippen LogP contribution in [-0.4, -0.2) is 47.8 Å². The highest BCUT2D eigenvalue weighted by atomic mass is 16.2. The van der Waals surface area contributed by atoms with Gasteiger partial charge in [0.15, 0.2) is 0 Å². The summed E-state index contributed by atoms with van der Waals surface area (Å²) >= 11 is 0. The topological polar surface area (TPSA) is 40.6 Å². The number of hydrogen-bond donors (Lipinski definition) is 0. The maximum Gasteiger partial charge on any atom is 0.253 e. The first-order valence-corrected chi connectivity index (χ1v) is 10.5. The SMILES string of the molecule is Cc1ccc(C(C)(C)CCC(=O)N2CCN(C(=O)c3cccc(C)c3)CC2)cc1. The van der Waals surface area contributed by atoms with Gasteiger partial charge in [0.05, 0.1) is 0 Å². The molecule has 0 saturated carbocycles. The smallest absolute Gasteiger partial charge is 0.253 e. The molecule has 4 heteroatoms. The van der Waals surface area contributed by atoms with Crippen LogP contribution in [0.4, 0.5) is 0 Å². The van der Waals surface area contributed by atoms with Gasteiger partial charge in [-0.1, -0.05) is 61.4 Å². The number of nitrogens with zero attached hydrogens (tertiary/aromatic N) is 2. The Bertz CT molecular complexity index is 863. The number of aryl methyl sites for hydroxylation is 2. The number of amides is 2. The molecular weight excluding hydrogens is 360 g/mol. The molecule has 0 aliphatic carbocycles. The van der Waals surface area contributed by atoms with Gasteiger partial charge in [0.2, 0.25) is 5.91 Å². The van der Waals surface area contributed by atoms with Crippen molar-refractivity contribution in [2.75, 3.05) is 26.2 Å².